The molecule has 82 valence electrons. The van der Waals surface area contributed by atoms with Crippen LogP contribution >= 0.6 is 0 Å². The predicted octanol–water partition coefficient (Wildman–Crippen LogP) is 3.51. The Morgan fingerprint density at radius 3 is 2.71 bits per heavy atom. The maximum atomic E-state index is 3.74. The Morgan fingerprint density at radius 1 is 1.36 bits per heavy atom. The van der Waals surface area contributed by atoms with Crippen molar-refractivity contribution < 1.29 is 0 Å². The Labute approximate surface area is 89.0 Å². The van der Waals surface area contributed by atoms with Crippen LogP contribution < -0.4 is 5.32 Å². The highest BCUT2D eigenvalue weighted by molar-refractivity contribution is 4.76. The van der Waals surface area contributed by atoms with Gasteiger partial charge in [-0.1, -0.05) is 25.3 Å². The quantitative estimate of drug-likeness (QED) is 0.505. The van der Waals surface area contributed by atoms with Crippen LogP contribution in [0.25, 0.3) is 0 Å². The molecule has 1 aliphatic rings. The first-order valence-corrected chi connectivity index (χ1v) is 6.19. The Hall–Kier alpha value is -0.300. The van der Waals surface area contributed by atoms with Gasteiger partial charge in [-0.3, -0.25) is 0 Å². The number of rotatable bonds is 6. The van der Waals surface area contributed by atoms with Crippen molar-refractivity contribution in [2.24, 2.45) is 5.92 Å². The zero-order valence-electron chi connectivity index (χ0n) is 9.60. The Kier molecular flexibility index (Phi) is 5.93. The van der Waals surface area contributed by atoms with Crippen LogP contribution in [0.2, 0.25) is 0 Å². The molecule has 0 aromatic heterocycles. The first kappa shape index (κ1) is 11.8. The maximum absolute atomic E-state index is 3.74. The fourth-order valence-corrected chi connectivity index (χ4v) is 2.38. The molecule has 1 rings (SSSR count). The van der Waals surface area contributed by atoms with Gasteiger partial charge in [0.15, 0.2) is 0 Å². The lowest BCUT2D eigenvalue weighted by atomic mass is 9.84. The van der Waals surface area contributed by atoms with Crippen molar-refractivity contribution in [1.29, 1.82) is 0 Å². The van der Waals surface area contributed by atoms with Crippen molar-refractivity contribution in [2.45, 2.75) is 57.9 Å². The molecule has 0 aliphatic heterocycles. The van der Waals surface area contributed by atoms with E-state index in [-0.39, 0.29) is 0 Å². The number of nitrogens with one attached hydrogen (secondary N) is 1. The lowest BCUT2D eigenvalue weighted by Gasteiger charge is -2.28. The smallest absolute Gasteiger partial charge is 0.00669 e. The van der Waals surface area contributed by atoms with Gasteiger partial charge in [0, 0.05) is 6.04 Å². The molecule has 0 bridgehead atoms. The highest BCUT2D eigenvalue weighted by atomic mass is 14.9. The molecule has 0 radical (unpaired) electrons. The topological polar surface area (TPSA) is 12.0 Å². The van der Waals surface area contributed by atoms with Gasteiger partial charge in [-0.05, 0) is 45.1 Å². The standard InChI is InChI=1S/C13H25N/c1-3-4-8-11-14-12(2)13-9-6-5-7-10-13/h3,12-14H,1,4-11H2,2H3. The minimum Gasteiger partial charge on any atom is -0.314 e. The van der Waals surface area contributed by atoms with Gasteiger partial charge in [0.2, 0.25) is 0 Å². The molecular formula is C13H25N. The monoisotopic (exact) mass is 195 g/mol. The first-order valence-electron chi connectivity index (χ1n) is 6.19. The molecule has 1 atom stereocenters. The Morgan fingerprint density at radius 2 is 2.07 bits per heavy atom. The highest BCUT2D eigenvalue weighted by Crippen LogP contribution is 2.26. The minimum absolute atomic E-state index is 0.722. The van der Waals surface area contributed by atoms with Gasteiger partial charge in [0.05, 0.1) is 0 Å². The van der Waals surface area contributed by atoms with Gasteiger partial charge in [-0.2, -0.15) is 0 Å². The van der Waals surface area contributed by atoms with Crippen LogP contribution in [0.3, 0.4) is 0 Å². The summed E-state index contributed by atoms with van der Waals surface area (Å²) in [5, 5.41) is 3.64. The van der Waals surface area contributed by atoms with Crippen LogP contribution in [0.5, 0.6) is 0 Å². The van der Waals surface area contributed by atoms with Crippen LogP contribution in [-0.4, -0.2) is 12.6 Å². The molecule has 0 amide bonds. The van der Waals surface area contributed by atoms with E-state index in [2.05, 4.69) is 18.8 Å². The van der Waals surface area contributed by atoms with E-state index >= 15 is 0 Å². The largest absolute Gasteiger partial charge is 0.314 e. The van der Waals surface area contributed by atoms with Gasteiger partial charge in [0.1, 0.15) is 0 Å². The summed E-state index contributed by atoms with van der Waals surface area (Å²) in [5.74, 6) is 0.937. The predicted molar refractivity (Wildman–Crippen MR) is 63.5 cm³/mol. The Bertz CT molecular complexity index is 147. The minimum atomic E-state index is 0.722. The van der Waals surface area contributed by atoms with Crippen LogP contribution in [0.4, 0.5) is 0 Å². The zero-order valence-corrected chi connectivity index (χ0v) is 9.60. The molecule has 14 heavy (non-hydrogen) atoms. The third-order valence-electron chi connectivity index (χ3n) is 3.41. The zero-order chi connectivity index (χ0) is 10.2. The van der Waals surface area contributed by atoms with Crippen LogP contribution in [0, 0.1) is 5.92 Å². The molecule has 1 heteroatoms. The normalized spacial score (nSPS) is 20.6. The van der Waals surface area contributed by atoms with E-state index in [9.17, 15) is 0 Å². The van der Waals surface area contributed by atoms with E-state index in [1.165, 1.54) is 38.5 Å². The number of hydrogen-bond donors (Lipinski definition) is 1. The molecule has 1 N–H and O–H groups in total. The van der Waals surface area contributed by atoms with Gasteiger partial charge >= 0.3 is 0 Å². The second kappa shape index (κ2) is 7.05. The maximum Gasteiger partial charge on any atom is 0.00669 e. The van der Waals surface area contributed by atoms with E-state index in [1.54, 1.807) is 0 Å². The summed E-state index contributed by atoms with van der Waals surface area (Å²) in [6.07, 6.45) is 11.6. The van der Waals surface area contributed by atoms with E-state index in [0.717, 1.165) is 24.9 Å². The van der Waals surface area contributed by atoms with Crippen molar-refractivity contribution >= 4 is 0 Å². The van der Waals surface area contributed by atoms with Crippen LogP contribution in [0.15, 0.2) is 12.7 Å². The number of allylic oxidation sites excluding steroid dienone is 1. The Balaban J connectivity index is 2.06. The molecule has 1 unspecified atom stereocenters. The molecule has 0 spiro atoms. The molecule has 1 fully saturated rings. The van der Waals surface area contributed by atoms with E-state index in [0.29, 0.717) is 0 Å². The third-order valence-corrected chi connectivity index (χ3v) is 3.41. The second-order valence-electron chi connectivity index (χ2n) is 4.57. The third kappa shape index (κ3) is 4.28. The van der Waals surface area contributed by atoms with Crippen molar-refractivity contribution in [3.8, 4) is 0 Å². The summed E-state index contributed by atoms with van der Waals surface area (Å²) >= 11 is 0. The van der Waals surface area contributed by atoms with Crippen molar-refractivity contribution in [3.63, 3.8) is 0 Å². The first-order chi connectivity index (χ1) is 6.84. The van der Waals surface area contributed by atoms with E-state index in [4.69, 9.17) is 0 Å². The molecule has 0 heterocycles. The second-order valence-corrected chi connectivity index (χ2v) is 4.57. The molecule has 1 nitrogen and oxygen atoms in total. The van der Waals surface area contributed by atoms with E-state index in [1.807, 2.05) is 6.08 Å². The summed E-state index contributed by atoms with van der Waals surface area (Å²) in [7, 11) is 0. The van der Waals surface area contributed by atoms with Crippen LogP contribution in [-0.2, 0) is 0 Å². The fraction of sp³-hybridized carbons (Fsp3) is 0.846. The van der Waals surface area contributed by atoms with Crippen molar-refractivity contribution in [1.82, 2.24) is 5.32 Å². The van der Waals surface area contributed by atoms with Gasteiger partial charge in [-0.25, -0.2) is 0 Å². The molecule has 1 saturated carbocycles. The lowest BCUT2D eigenvalue weighted by molar-refractivity contribution is 0.281. The molecule has 1 aliphatic carbocycles. The highest BCUT2D eigenvalue weighted by Gasteiger charge is 2.18. The van der Waals surface area contributed by atoms with Crippen molar-refractivity contribution in [3.05, 3.63) is 12.7 Å². The summed E-state index contributed by atoms with van der Waals surface area (Å²) in [6, 6.07) is 0.722. The van der Waals surface area contributed by atoms with Crippen molar-refractivity contribution in [2.75, 3.05) is 6.54 Å². The average Bonchev–Trinajstić information content (AvgIpc) is 2.25. The summed E-state index contributed by atoms with van der Waals surface area (Å²) in [6.45, 7) is 7.25. The van der Waals surface area contributed by atoms with Gasteiger partial charge in [0.25, 0.3) is 0 Å². The van der Waals surface area contributed by atoms with Gasteiger partial charge < -0.3 is 5.32 Å². The molecular weight excluding hydrogens is 170 g/mol. The number of hydrogen-bond acceptors (Lipinski definition) is 1. The average molecular weight is 195 g/mol. The summed E-state index contributed by atoms with van der Waals surface area (Å²) in [5.41, 5.74) is 0. The number of unbranched alkanes of at least 4 members (excludes halogenated alkanes) is 1. The lowest BCUT2D eigenvalue weighted by Crippen LogP contribution is -2.35. The molecule has 0 saturated heterocycles. The van der Waals surface area contributed by atoms with Crippen LogP contribution in [0.1, 0.15) is 51.9 Å². The van der Waals surface area contributed by atoms with E-state index < -0.39 is 0 Å². The van der Waals surface area contributed by atoms with Gasteiger partial charge in [-0.15, -0.1) is 6.58 Å². The molecule has 0 aromatic carbocycles. The SMILES string of the molecule is C=CCCCNC(C)C1CCCCC1. The fourth-order valence-electron chi connectivity index (χ4n) is 2.38. The summed E-state index contributed by atoms with van der Waals surface area (Å²) < 4.78 is 0. The summed E-state index contributed by atoms with van der Waals surface area (Å²) in [4.78, 5) is 0. The molecule has 0 aromatic rings.